The number of benzene rings is 3. The average molecular weight is 461 g/mol. The Morgan fingerprint density at radius 2 is 1.62 bits per heavy atom. The van der Waals surface area contributed by atoms with E-state index in [2.05, 4.69) is 10.6 Å². The lowest BCUT2D eigenvalue weighted by molar-refractivity contribution is -0.134. The number of hydrogen-bond acceptors (Lipinski definition) is 4. The van der Waals surface area contributed by atoms with Gasteiger partial charge in [-0.05, 0) is 47.9 Å². The molecule has 4 amide bonds. The van der Waals surface area contributed by atoms with Crippen LogP contribution in [0.5, 0.6) is 5.75 Å². The van der Waals surface area contributed by atoms with Crippen molar-refractivity contribution in [2.24, 2.45) is 0 Å². The Hall–Kier alpha value is -4.20. The van der Waals surface area contributed by atoms with Gasteiger partial charge in [0.1, 0.15) is 30.3 Å². The molecule has 174 valence electrons. The molecule has 0 bridgehead atoms. The highest BCUT2D eigenvalue weighted by molar-refractivity contribution is 6.09. The van der Waals surface area contributed by atoms with E-state index in [0.29, 0.717) is 12.2 Å². The highest BCUT2D eigenvalue weighted by Gasteiger charge is 2.49. The van der Waals surface area contributed by atoms with Gasteiger partial charge in [0.25, 0.3) is 5.91 Å². The van der Waals surface area contributed by atoms with Gasteiger partial charge in [-0.2, -0.15) is 0 Å². The normalized spacial score (nSPS) is 17.4. The van der Waals surface area contributed by atoms with Crippen LogP contribution in [-0.4, -0.2) is 29.3 Å². The molecule has 0 aromatic heterocycles. The Labute approximate surface area is 196 Å². The van der Waals surface area contributed by atoms with Gasteiger partial charge in [-0.3, -0.25) is 14.5 Å². The summed E-state index contributed by atoms with van der Waals surface area (Å²) in [5.41, 5.74) is 0.929. The molecule has 0 spiro atoms. The van der Waals surface area contributed by atoms with Crippen LogP contribution in [-0.2, 0) is 28.3 Å². The molecule has 1 saturated heterocycles. The van der Waals surface area contributed by atoms with E-state index >= 15 is 0 Å². The minimum Gasteiger partial charge on any atom is -0.489 e. The molecule has 1 fully saturated rings. The summed E-state index contributed by atoms with van der Waals surface area (Å²) in [5.74, 6) is -0.697. The highest BCUT2D eigenvalue weighted by Crippen LogP contribution is 2.28. The van der Waals surface area contributed by atoms with Crippen molar-refractivity contribution >= 4 is 17.8 Å². The minimum absolute atomic E-state index is 0.248. The fourth-order valence-electron chi connectivity index (χ4n) is 3.66. The molecule has 34 heavy (non-hydrogen) atoms. The van der Waals surface area contributed by atoms with Crippen LogP contribution in [0.1, 0.15) is 23.6 Å². The van der Waals surface area contributed by atoms with E-state index in [1.807, 2.05) is 54.6 Å². The van der Waals surface area contributed by atoms with Gasteiger partial charge in [0.05, 0.1) is 0 Å². The van der Waals surface area contributed by atoms with Crippen LogP contribution in [0.3, 0.4) is 0 Å². The van der Waals surface area contributed by atoms with Gasteiger partial charge in [-0.15, -0.1) is 0 Å². The second kappa shape index (κ2) is 9.74. The van der Waals surface area contributed by atoms with Gasteiger partial charge in [-0.25, -0.2) is 9.18 Å². The molecule has 4 rings (SSSR count). The number of carbonyl (C=O) groups excluding carboxylic acids is 3. The number of hydrogen-bond donors (Lipinski definition) is 2. The lowest BCUT2D eigenvalue weighted by Gasteiger charge is -2.22. The molecule has 3 aromatic carbocycles. The fraction of sp³-hybridized carbons (Fsp3) is 0.192. The van der Waals surface area contributed by atoms with E-state index in [9.17, 15) is 18.8 Å². The first-order valence-corrected chi connectivity index (χ1v) is 10.8. The van der Waals surface area contributed by atoms with E-state index in [0.717, 1.165) is 21.8 Å². The van der Waals surface area contributed by atoms with Gasteiger partial charge in [0.15, 0.2) is 0 Å². The first-order chi connectivity index (χ1) is 16.3. The third-order valence-corrected chi connectivity index (χ3v) is 5.66. The summed E-state index contributed by atoms with van der Waals surface area (Å²) in [4.78, 5) is 38.6. The number of imide groups is 1. The molecule has 0 radical (unpaired) electrons. The molecule has 3 aromatic rings. The summed E-state index contributed by atoms with van der Waals surface area (Å²) in [6, 6.07) is 21.7. The topological polar surface area (TPSA) is 87.7 Å². The number of carbonyl (C=O) groups is 3. The Bertz CT molecular complexity index is 1180. The van der Waals surface area contributed by atoms with Gasteiger partial charge in [-0.1, -0.05) is 54.6 Å². The molecule has 1 aliphatic heterocycles. The number of urea groups is 1. The quantitative estimate of drug-likeness (QED) is 0.503. The molecule has 1 atom stereocenters. The molecule has 2 N–H and O–H groups in total. The molecule has 1 aliphatic rings. The number of halogens is 1. The molecule has 8 heteroatoms. The Balaban J connectivity index is 1.29. The van der Waals surface area contributed by atoms with Crippen LogP contribution in [0.15, 0.2) is 78.9 Å². The van der Waals surface area contributed by atoms with Crippen molar-refractivity contribution in [1.29, 1.82) is 0 Å². The average Bonchev–Trinajstić information content (AvgIpc) is 3.07. The number of para-hydroxylation sites is 1. The van der Waals surface area contributed by atoms with Crippen molar-refractivity contribution < 1.29 is 23.5 Å². The zero-order valence-corrected chi connectivity index (χ0v) is 18.6. The Kier molecular flexibility index (Phi) is 6.58. The van der Waals surface area contributed by atoms with Crippen LogP contribution in [0, 0.1) is 5.82 Å². The maximum Gasteiger partial charge on any atom is 0.325 e. The van der Waals surface area contributed by atoms with Crippen molar-refractivity contribution in [3.63, 3.8) is 0 Å². The summed E-state index contributed by atoms with van der Waals surface area (Å²) < 4.78 is 19.0. The third kappa shape index (κ3) is 5.06. The van der Waals surface area contributed by atoms with Crippen LogP contribution in [0.2, 0.25) is 0 Å². The summed E-state index contributed by atoms with van der Waals surface area (Å²) in [6.45, 7) is 1.79. The number of rotatable bonds is 8. The maximum atomic E-state index is 13.2. The van der Waals surface area contributed by atoms with Gasteiger partial charge < -0.3 is 15.4 Å². The number of nitrogens with one attached hydrogen (secondary N) is 2. The standard InChI is InChI=1S/C26H24FN3O4/c1-26(20-11-13-21(27)14-12-20)24(32)30(25(33)29-26)16-23(31)28-15-18-7-9-19(10-8-18)17-34-22-5-3-2-4-6-22/h2-14H,15-17H2,1H3,(H,28,31)(H,29,33). The van der Waals surface area contributed by atoms with E-state index in [1.54, 1.807) is 0 Å². The first kappa shape index (κ1) is 23.0. The van der Waals surface area contributed by atoms with E-state index in [4.69, 9.17) is 4.74 Å². The first-order valence-electron chi connectivity index (χ1n) is 10.8. The largest absolute Gasteiger partial charge is 0.489 e. The summed E-state index contributed by atoms with van der Waals surface area (Å²) in [7, 11) is 0. The second-order valence-corrected chi connectivity index (χ2v) is 8.15. The molecule has 0 saturated carbocycles. The van der Waals surface area contributed by atoms with Gasteiger partial charge in [0, 0.05) is 6.54 Å². The summed E-state index contributed by atoms with van der Waals surface area (Å²) in [6.07, 6.45) is 0. The third-order valence-electron chi connectivity index (χ3n) is 5.66. The predicted molar refractivity (Wildman–Crippen MR) is 123 cm³/mol. The SMILES string of the molecule is CC1(c2ccc(F)cc2)NC(=O)N(CC(=O)NCc2ccc(COc3ccccc3)cc2)C1=O. The maximum absolute atomic E-state index is 13.2. The predicted octanol–water partition coefficient (Wildman–Crippen LogP) is 3.49. The van der Waals surface area contributed by atoms with Crippen molar-refractivity contribution in [2.45, 2.75) is 25.6 Å². The molecule has 1 heterocycles. The zero-order valence-electron chi connectivity index (χ0n) is 18.6. The molecular formula is C26H24FN3O4. The molecular weight excluding hydrogens is 437 g/mol. The Morgan fingerprint density at radius 3 is 2.29 bits per heavy atom. The number of ether oxygens (including phenoxy) is 1. The fourth-order valence-corrected chi connectivity index (χ4v) is 3.66. The highest BCUT2D eigenvalue weighted by atomic mass is 19.1. The van der Waals surface area contributed by atoms with E-state index in [-0.39, 0.29) is 6.54 Å². The second-order valence-electron chi connectivity index (χ2n) is 8.15. The van der Waals surface area contributed by atoms with Crippen molar-refractivity contribution in [3.8, 4) is 5.75 Å². The zero-order chi connectivity index (χ0) is 24.1. The van der Waals surface area contributed by atoms with Crippen LogP contribution < -0.4 is 15.4 Å². The van der Waals surface area contributed by atoms with Crippen LogP contribution in [0.4, 0.5) is 9.18 Å². The van der Waals surface area contributed by atoms with Crippen molar-refractivity contribution in [2.75, 3.05) is 6.54 Å². The van der Waals surface area contributed by atoms with E-state index in [1.165, 1.54) is 31.2 Å². The van der Waals surface area contributed by atoms with E-state index < -0.39 is 35.7 Å². The van der Waals surface area contributed by atoms with Crippen molar-refractivity contribution in [3.05, 3.63) is 101 Å². The summed E-state index contributed by atoms with van der Waals surface area (Å²) in [5, 5.41) is 5.32. The Morgan fingerprint density at radius 1 is 0.971 bits per heavy atom. The van der Waals surface area contributed by atoms with Gasteiger partial charge >= 0.3 is 6.03 Å². The van der Waals surface area contributed by atoms with Crippen LogP contribution in [0.25, 0.3) is 0 Å². The smallest absolute Gasteiger partial charge is 0.325 e. The molecule has 1 unspecified atom stereocenters. The van der Waals surface area contributed by atoms with Crippen molar-refractivity contribution in [1.82, 2.24) is 15.5 Å². The number of nitrogens with zero attached hydrogens (tertiary/aromatic N) is 1. The lowest BCUT2D eigenvalue weighted by atomic mass is 9.92. The van der Waals surface area contributed by atoms with Crippen LogP contribution >= 0.6 is 0 Å². The molecule has 0 aliphatic carbocycles. The summed E-state index contributed by atoms with van der Waals surface area (Å²) >= 11 is 0. The minimum atomic E-state index is -1.36. The number of amides is 4. The molecule has 7 nitrogen and oxygen atoms in total. The van der Waals surface area contributed by atoms with Gasteiger partial charge in [0.2, 0.25) is 5.91 Å². The monoisotopic (exact) mass is 461 g/mol. The lowest BCUT2D eigenvalue weighted by Crippen LogP contribution is -2.43.